The third-order valence-electron chi connectivity index (χ3n) is 3.78. The fraction of sp³-hybridized carbons (Fsp3) is 0.111. The van der Waals surface area contributed by atoms with Crippen LogP contribution in [0.2, 0.25) is 0 Å². The van der Waals surface area contributed by atoms with Crippen molar-refractivity contribution >= 4 is 11.3 Å². The first-order valence-electron chi connectivity index (χ1n) is 7.67. The number of rotatable bonds is 3. The molecule has 2 aromatic heterocycles. The molecule has 4 rings (SSSR count). The van der Waals surface area contributed by atoms with E-state index in [-0.39, 0.29) is 0 Å². The standard InChI is InChI=1S/C18H16N5S/c1-13-14(2)24-18(19-13)22-17(15-9-5-3-6-10-15)20-23(21-22)16-11-7-4-8-12-16/h3-12H,1-2H3/q+1. The smallest absolute Gasteiger partial charge is 0.127 e. The van der Waals surface area contributed by atoms with Gasteiger partial charge in [0.25, 0.3) is 0 Å². The van der Waals surface area contributed by atoms with Crippen molar-refractivity contribution < 1.29 is 4.68 Å². The summed E-state index contributed by atoms with van der Waals surface area (Å²) < 4.78 is 1.81. The Labute approximate surface area is 143 Å². The van der Waals surface area contributed by atoms with Gasteiger partial charge >= 0.3 is 11.0 Å². The first-order valence-corrected chi connectivity index (χ1v) is 8.49. The summed E-state index contributed by atoms with van der Waals surface area (Å²) in [6, 6.07) is 20.0. The van der Waals surface area contributed by atoms with Gasteiger partial charge < -0.3 is 0 Å². The van der Waals surface area contributed by atoms with Crippen molar-refractivity contribution in [2.45, 2.75) is 13.8 Å². The Kier molecular flexibility index (Phi) is 3.66. The second-order valence-corrected chi connectivity index (χ2v) is 6.64. The van der Waals surface area contributed by atoms with Crippen LogP contribution < -0.4 is 4.68 Å². The average molecular weight is 334 g/mol. The molecule has 0 N–H and O–H groups in total. The van der Waals surface area contributed by atoms with Gasteiger partial charge in [0.2, 0.25) is 0 Å². The third-order valence-corrected chi connectivity index (χ3v) is 4.83. The van der Waals surface area contributed by atoms with Gasteiger partial charge in [-0.3, -0.25) is 0 Å². The lowest BCUT2D eigenvalue weighted by atomic mass is 10.2. The van der Waals surface area contributed by atoms with Crippen molar-refractivity contribution in [2.24, 2.45) is 0 Å². The van der Waals surface area contributed by atoms with Crippen LogP contribution in [-0.2, 0) is 0 Å². The van der Waals surface area contributed by atoms with Crippen LogP contribution in [-0.4, -0.2) is 20.1 Å². The lowest BCUT2D eigenvalue weighted by molar-refractivity contribution is -0.650. The van der Waals surface area contributed by atoms with Gasteiger partial charge in [0.15, 0.2) is 0 Å². The first kappa shape index (κ1) is 14.7. The van der Waals surface area contributed by atoms with Gasteiger partial charge in [-0.25, -0.2) is 0 Å². The zero-order valence-electron chi connectivity index (χ0n) is 13.4. The van der Waals surface area contributed by atoms with E-state index in [1.54, 1.807) is 16.1 Å². The van der Waals surface area contributed by atoms with Crippen LogP contribution in [0.5, 0.6) is 0 Å². The van der Waals surface area contributed by atoms with Gasteiger partial charge in [-0.2, -0.15) is 0 Å². The Morgan fingerprint density at radius 2 is 1.58 bits per heavy atom. The van der Waals surface area contributed by atoms with Crippen LogP contribution in [0.1, 0.15) is 10.6 Å². The van der Waals surface area contributed by atoms with E-state index in [0.717, 1.165) is 27.9 Å². The van der Waals surface area contributed by atoms with Crippen molar-refractivity contribution in [1.29, 1.82) is 0 Å². The van der Waals surface area contributed by atoms with Gasteiger partial charge in [0.05, 0.1) is 0 Å². The number of aryl methyl sites for hydroxylation is 2. The molecule has 0 radical (unpaired) electrons. The summed E-state index contributed by atoms with van der Waals surface area (Å²) in [5.41, 5.74) is 2.94. The maximum Gasteiger partial charge on any atom is 0.315 e. The second kappa shape index (κ2) is 5.98. The van der Waals surface area contributed by atoms with Gasteiger partial charge in [0.1, 0.15) is 11.4 Å². The van der Waals surface area contributed by atoms with Crippen LogP contribution in [0.3, 0.4) is 0 Å². The molecule has 0 saturated carbocycles. The highest BCUT2D eigenvalue weighted by Gasteiger charge is 2.25. The van der Waals surface area contributed by atoms with Crippen LogP contribution in [0.25, 0.3) is 22.2 Å². The van der Waals surface area contributed by atoms with Crippen molar-refractivity contribution in [3.8, 4) is 22.2 Å². The summed E-state index contributed by atoms with van der Waals surface area (Å²) in [4.78, 5) is 7.47. The molecule has 0 fully saturated rings. The highest BCUT2D eigenvalue weighted by Crippen LogP contribution is 2.20. The van der Waals surface area contributed by atoms with E-state index in [4.69, 9.17) is 5.10 Å². The Hall–Kier alpha value is -2.86. The SMILES string of the molecule is Cc1nc(-[n+]2nn(-c3ccccc3)nc2-c2ccccc2)sc1C. The summed E-state index contributed by atoms with van der Waals surface area (Å²) in [5, 5.41) is 10.2. The van der Waals surface area contributed by atoms with E-state index in [0.29, 0.717) is 0 Å². The number of benzene rings is 2. The maximum atomic E-state index is 4.70. The molecular weight excluding hydrogens is 318 g/mol. The Bertz CT molecular complexity index is 954. The second-order valence-electron chi connectivity index (χ2n) is 5.45. The predicted molar refractivity (Wildman–Crippen MR) is 93.5 cm³/mol. The molecule has 2 aromatic carbocycles. The fourth-order valence-corrected chi connectivity index (χ4v) is 3.25. The van der Waals surface area contributed by atoms with Gasteiger partial charge in [-0.1, -0.05) is 52.4 Å². The first-order chi connectivity index (χ1) is 11.7. The molecule has 0 unspecified atom stereocenters. The number of nitrogens with zero attached hydrogens (tertiary/aromatic N) is 5. The van der Waals surface area contributed by atoms with Crippen LogP contribution in [0.4, 0.5) is 0 Å². The fourth-order valence-electron chi connectivity index (χ4n) is 2.39. The molecule has 0 spiro atoms. The topological polar surface area (TPSA) is 47.5 Å². The summed E-state index contributed by atoms with van der Waals surface area (Å²) in [7, 11) is 0. The molecule has 6 heteroatoms. The summed E-state index contributed by atoms with van der Waals surface area (Å²) in [6.07, 6.45) is 0. The highest BCUT2D eigenvalue weighted by molar-refractivity contribution is 7.13. The Morgan fingerprint density at radius 1 is 0.917 bits per heavy atom. The summed E-state index contributed by atoms with van der Waals surface area (Å²) >= 11 is 1.62. The van der Waals surface area contributed by atoms with Crippen molar-refractivity contribution in [2.75, 3.05) is 0 Å². The van der Waals surface area contributed by atoms with E-state index in [1.165, 1.54) is 4.88 Å². The highest BCUT2D eigenvalue weighted by atomic mass is 32.1. The molecule has 0 amide bonds. The average Bonchev–Trinajstić information content (AvgIpc) is 3.21. The number of tetrazole rings is 1. The number of hydrogen-bond acceptors (Lipinski definition) is 4. The Balaban J connectivity index is 1.92. The van der Waals surface area contributed by atoms with E-state index >= 15 is 0 Å². The van der Waals surface area contributed by atoms with Crippen molar-refractivity contribution in [1.82, 2.24) is 20.1 Å². The minimum atomic E-state index is 0.771. The third kappa shape index (κ3) is 2.61. The monoisotopic (exact) mass is 334 g/mol. The largest absolute Gasteiger partial charge is 0.315 e. The molecule has 118 valence electrons. The van der Waals surface area contributed by atoms with E-state index in [9.17, 15) is 0 Å². The molecule has 4 aromatic rings. The lowest BCUT2D eigenvalue weighted by Crippen LogP contribution is -2.35. The molecule has 0 atom stereocenters. The van der Waals surface area contributed by atoms with Crippen LogP contribution in [0.15, 0.2) is 60.7 Å². The molecule has 2 heterocycles. The van der Waals surface area contributed by atoms with Crippen molar-refractivity contribution in [3.05, 3.63) is 71.2 Å². The number of hydrogen-bond donors (Lipinski definition) is 0. The van der Waals surface area contributed by atoms with Crippen molar-refractivity contribution in [3.63, 3.8) is 0 Å². The normalized spacial score (nSPS) is 10.9. The maximum absolute atomic E-state index is 4.70. The molecule has 24 heavy (non-hydrogen) atoms. The molecule has 0 aliphatic carbocycles. The van der Waals surface area contributed by atoms with Gasteiger partial charge in [-0.05, 0) is 42.9 Å². The van der Waals surface area contributed by atoms with Crippen LogP contribution >= 0.6 is 11.3 Å². The van der Waals surface area contributed by atoms with E-state index < -0.39 is 0 Å². The summed E-state index contributed by atoms with van der Waals surface area (Å²) in [5.74, 6) is 0.771. The quantitative estimate of drug-likeness (QED) is 0.540. The zero-order valence-corrected chi connectivity index (χ0v) is 14.2. The predicted octanol–water partition coefficient (Wildman–Crippen LogP) is 3.28. The zero-order chi connectivity index (χ0) is 16.5. The molecular formula is C18H16N5S+. The number of thiazole rings is 1. The molecule has 5 nitrogen and oxygen atoms in total. The lowest BCUT2D eigenvalue weighted by Gasteiger charge is -1.93. The van der Waals surface area contributed by atoms with Gasteiger partial charge in [0, 0.05) is 20.8 Å². The molecule has 0 bridgehead atoms. The molecule has 0 aliphatic heterocycles. The van der Waals surface area contributed by atoms with Crippen LogP contribution in [0, 0.1) is 13.8 Å². The number of aromatic nitrogens is 5. The van der Waals surface area contributed by atoms with Gasteiger partial charge in [-0.15, -0.1) is 4.98 Å². The minimum Gasteiger partial charge on any atom is -0.127 e. The summed E-state index contributed by atoms with van der Waals surface area (Å²) in [6.45, 7) is 4.08. The van der Waals surface area contributed by atoms with E-state index in [1.807, 2.05) is 72.3 Å². The number of para-hydroxylation sites is 1. The molecule has 0 saturated heterocycles. The van der Waals surface area contributed by atoms with E-state index in [2.05, 4.69) is 17.1 Å². The molecule has 0 aliphatic rings. The minimum absolute atomic E-state index is 0.771. The Morgan fingerprint density at radius 3 is 2.21 bits per heavy atom.